The van der Waals surface area contributed by atoms with Crippen LogP contribution in [0.3, 0.4) is 0 Å². The SMILES string of the molecule is CC[C@@H](C)NC(=O)CCN1C(=O)[C@@H]2Cc3ccccc3CN2C1=O. The molecule has 1 fully saturated rings. The Morgan fingerprint density at radius 3 is 2.71 bits per heavy atom. The Labute approximate surface area is 141 Å². The molecule has 2 atom stereocenters. The summed E-state index contributed by atoms with van der Waals surface area (Å²) in [4.78, 5) is 39.9. The van der Waals surface area contributed by atoms with Gasteiger partial charge in [-0.05, 0) is 24.5 Å². The van der Waals surface area contributed by atoms with E-state index in [2.05, 4.69) is 5.32 Å². The zero-order chi connectivity index (χ0) is 17.3. The van der Waals surface area contributed by atoms with Gasteiger partial charge in [-0.3, -0.25) is 14.5 Å². The number of rotatable bonds is 5. The molecule has 6 heteroatoms. The van der Waals surface area contributed by atoms with Crippen LogP contribution in [0, 0.1) is 0 Å². The molecule has 1 saturated heterocycles. The number of fused-ring (bicyclic) bond motifs is 2. The van der Waals surface area contributed by atoms with Gasteiger partial charge in [-0.2, -0.15) is 0 Å². The molecule has 0 radical (unpaired) electrons. The first-order valence-corrected chi connectivity index (χ1v) is 8.49. The van der Waals surface area contributed by atoms with Crippen LogP contribution in [0.15, 0.2) is 24.3 Å². The maximum atomic E-state index is 12.6. The second-order valence-electron chi connectivity index (χ2n) is 6.52. The van der Waals surface area contributed by atoms with E-state index in [0.717, 1.165) is 17.5 Å². The lowest BCUT2D eigenvalue weighted by atomic mass is 9.95. The Morgan fingerprint density at radius 1 is 1.29 bits per heavy atom. The van der Waals surface area contributed by atoms with Crippen LogP contribution in [-0.4, -0.2) is 46.3 Å². The molecule has 1 N–H and O–H groups in total. The highest BCUT2D eigenvalue weighted by Crippen LogP contribution is 2.29. The summed E-state index contributed by atoms with van der Waals surface area (Å²) in [5.41, 5.74) is 2.21. The standard InChI is InChI=1S/C18H23N3O3/c1-3-12(2)19-16(22)8-9-20-17(23)15-10-13-6-4-5-7-14(13)11-21(15)18(20)24/h4-7,12,15H,3,8-11H2,1-2H3,(H,19,22)/t12-,15+/m1/s1. The van der Waals surface area contributed by atoms with Crippen molar-refractivity contribution < 1.29 is 14.4 Å². The van der Waals surface area contributed by atoms with E-state index in [0.29, 0.717) is 13.0 Å². The zero-order valence-corrected chi connectivity index (χ0v) is 14.1. The third-order valence-electron chi connectivity index (χ3n) is 4.86. The Hall–Kier alpha value is -2.37. The first-order valence-electron chi connectivity index (χ1n) is 8.49. The number of amides is 4. The monoisotopic (exact) mass is 329 g/mol. The quantitative estimate of drug-likeness (QED) is 0.836. The minimum atomic E-state index is -0.426. The summed E-state index contributed by atoms with van der Waals surface area (Å²) in [5.74, 6) is -0.316. The smallest absolute Gasteiger partial charge is 0.327 e. The predicted octanol–water partition coefficient (Wildman–Crippen LogP) is 1.68. The van der Waals surface area contributed by atoms with E-state index in [9.17, 15) is 14.4 Å². The van der Waals surface area contributed by atoms with Crippen molar-refractivity contribution in [2.45, 2.75) is 51.7 Å². The van der Waals surface area contributed by atoms with Crippen molar-refractivity contribution in [3.63, 3.8) is 0 Å². The lowest BCUT2D eigenvalue weighted by Gasteiger charge is -2.28. The van der Waals surface area contributed by atoms with Crippen LogP contribution >= 0.6 is 0 Å². The van der Waals surface area contributed by atoms with Crippen LogP contribution in [0.1, 0.15) is 37.8 Å². The molecule has 24 heavy (non-hydrogen) atoms. The van der Waals surface area contributed by atoms with Gasteiger partial charge >= 0.3 is 6.03 Å². The number of hydrogen-bond acceptors (Lipinski definition) is 3. The molecule has 0 saturated carbocycles. The zero-order valence-electron chi connectivity index (χ0n) is 14.1. The predicted molar refractivity (Wildman–Crippen MR) is 89.1 cm³/mol. The van der Waals surface area contributed by atoms with Crippen molar-refractivity contribution in [1.82, 2.24) is 15.1 Å². The Kier molecular flexibility index (Phi) is 4.55. The van der Waals surface area contributed by atoms with Gasteiger partial charge < -0.3 is 10.2 Å². The molecular weight excluding hydrogens is 306 g/mol. The van der Waals surface area contributed by atoms with E-state index in [4.69, 9.17) is 0 Å². The topological polar surface area (TPSA) is 69.7 Å². The van der Waals surface area contributed by atoms with Gasteiger partial charge in [0.2, 0.25) is 5.91 Å². The van der Waals surface area contributed by atoms with Crippen molar-refractivity contribution in [1.29, 1.82) is 0 Å². The van der Waals surface area contributed by atoms with Gasteiger partial charge in [-0.1, -0.05) is 31.2 Å². The molecular formula is C18H23N3O3. The average molecular weight is 329 g/mol. The molecule has 4 amide bonds. The number of nitrogens with zero attached hydrogens (tertiary/aromatic N) is 2. The van der Waals surface area contributed by atoms with Gasteiger partial charge in [0.05, 0.1) is 0 Å². The van der Waals surface area contributed by atoms with Gasteiger partial charge in [0.1, 0.15) is 6.04 Å². The molecule has 3 rings (SSSR count). The fraction of sp³-hybridized carbons (Fsp3) is 0.500. The van der Waals surface area contributed by atoms with Crippen molar-refractivity contribution in [2.75, 3.05) is 6.54 Å². The number of benzene rings is 1. The highest BCUT2D eigenvalue weighted by atomic mass is 16.2. The third kappa shape index (κ3) is 3.00. The maximum Gasteiger partial charge on any atom is 0.327 e. The fourth-order valence-electron chi connectivity index (χ4n) is 3.24. The second-order valence-corrected chi connectivity index (χ2v) is 6.52. The molecule has 0 bridgehead atoms. The number of imide groups is 1. The first kappa shape index (κ1) is 16.5. The van der Waals surface area contributed by atoms with Crippen molar-refractivity contribution in [3.8, 4) is 0 Å². The first-order chi connectivity index (χ1) is 11.5. The normalized spacial score (nSPS) is 20.7. The van der Waals surface area contributed by atoms with E-state index >= 15 is 0 Å². The summed E-state index contributed by atoms with van der Waals surface area (Å²) >= 11 is 0. The highest BCUT2D eigenvalue weighted by Gasteiger charge is 2.46. The molecule has 1 aromatic rings. The molecule has 2 aliphatic heterocycles. The van der Waals surface area contributed by atoms with Crippen LogP contribution < -0.4 is 5.32 Å². The van der Waals surface area contributed by atoms with E-state index in [1.165, 1.54) is 4.90 Å². The summed E-state index contributed by atoms with van der Waals surface area (Å²) in [5, 5.41) is 2.86. The van der Waals surface area contributed by atoms with Crippen LogP contribution in [0.2, 0.25) is 0 Å². The fourth-order valence-corrected chi connectivity index (χ4v) is 3.24. The number of carbonyl (C=O) groups is 3. The molecule has 0 aliphatic carbocycles. The van der Waals surface area contributed by atoms with Crippen LogP contribution in [-0.2, 0) is 22.6 Å². The summed E-state index contributed by atoms with van der Waals surface area (Å²) in [7, 11) is 0. The van der Waals surface area contributed by atoms with Crippen LogP contribution in [0.5, 0.6) is 0 Å². The van der Waals surface area contributed by atoms with E-state index in [1.807, 2.05) is 38.1 Å². The maximum absolute atomic E-state index is 12.6. The van der Waals surface area contributed by atoms with Gasteiger partial charge in [0.25, 0.3) is 5.91 Å². The van der Waals surface area contributed by atoms with Crippen molar-refractivity contribution in [3.05, 3.63) is 35.4 Å². The third-order valence-corrected chi connectivity index (χ3v) is 4.86. The van der Waals surface area contributed by atoms with Gasteiger partial charge in [0.15, 0.2) is 0 Å². The van der Waals surface area contributed by atoms with Gasteiger partial charge in [-0.15, -0.1) is 0 Å². The minimum absolute atomic E-state index is 0.100. The van der Waals surface area contributed by atoms with E-state index < -0.39 is 6.04 Å². The Balaban J connectivity index is 1.65. The van der Waals surface area contributed by atoms with Crippen molar-refractivity contribution >= 4 is 17.8 Å². The van der Waals surface area contributed by atoms with Gasteiger partial charge in [0, 0.05) is 32.0 Å². The average Bonchev–Trinajstić information content (AvgIpc) is 2.81. The summed E-state index contributed by atoms with van der Waals surface area (Å²) in [6, 6.07) is 7.29. The van der Waals surface area contributed by atoms with Gasteiger partial charge in [-0.25, -0.2) is 4.79 Å². The largest absolute Gasteiger partial charge is 0.354 e. The molecule has 1 aromatic carbocycles. The number of nitrogens with one attached hydrogen (secondary N) is 1. The van der Waals surface area contributed by atoms with E-state index in [1.54, 1.807) is 4.90 Å². The van der Waals surface area contributed by atoms with Crippen LogP contribution in [0.25, 0.3) is 0 Å². The van der Waals surface area contributed by atoms with Crippen LogP contribution in [0.4, 0.5) is 4.79 Å². The lowest BCUT2D eigenvalue weighted by Crippen LogP contribution is -2.40. The minimum Gasteiger partial charge on any atom is -0.354 e. The molecule has 2 aliphatic rings. The summed E-state index contributed by atoms with van der Waals surface area (Å²) < 4.78 is 0. The van der Waals surface area contributed by atoms with Crippen molar-refractivity contribution in [2.24, 2.45) is 0 Å². The highest BCUT2D eigenvalue weighted by molar-refractivity contribution is 6.04. The summed E-state index contributed by atoms with van der Waals surface area (Å²) in [6.07, 6.45) is 1.55. The molecule has 0 unspecified atom stereocenters. The Bertz CT molecular complexity index is 630. The molecule has 0 aromatic heterocycles. The lowest BCUT2D eigenvalue weighted by molar-refractivity contribution is -0.129. The number of urea groups is 1. The summed E-state index contributed by atoms with van der Waals surface area (Å²) in [6.45, 7) is 4.53. The molecule has 2 heterocycles. The molecule has 0 spiro atoms. The molecule has 128 valence electrons. The number of carbonyl (C=O) groups excluding carboxylic acids is 3. The number of hydrogen-bond donors (Lipinski definition) is 1. The second kappa shape index (κ2) is 6.63. The van der Waals surface area contributed by atoms with E-state index in [-0.39, 0.29) is 36.9 Å². The molecule has 6 nitrogen and oxygen atoms in total. The Morgan fingerprint density at radius 2 is 2.00 bits per heavy atom.